The Morgan fingerprint density at radius 2 is 2.32 bits per heavy atom. The number of hydrogen-bond donors (Lipinski definition) is 2. The van der Waals surface area contributed by atoms with Gasteiger partial charge < -0.3 is 15.4 Å². The zero-order chi connectivity index (χ0) is 13.3. The van der Waals surface area contributed by atoms with Gasteiger partial charge in [-0.25, -0.2) is 9.97 Å². The van der Waals surface area contributed by atoms with Crippen LogP contribution in [0.5, 0.6) is 0 Å². The average molecular weight is 261 g/mol. The first-order valence-corrected chi connectivity index (χ1v) is 6.68. The van der Waals surface area contributed by atoms with Gasteiger partial charge in [0, 0.05) is 19.3 Å². The van der Waals surface area contributed by atoms with Gasteiger partial charge >= 0.3 is 0 Å². The number of rotatable bonds is 6. The molecule has 1 aromatic rings. The number of nitrogens with zero attached hydrogens (tertiary/aromatic N) is 3. The third kappa shape index (κ3) is 4.81. The number of nitriles is 1. The molecular formula is C13H19N5O. The van der Waals surface area contributed by atoms with E-state index in [1.807, 2.05) is 6.07 Å². The van der Waals surface area contributed by atoms with Crippen molar-refractivity contribution in [3.8, 4) is 6.07 Å². The van der Waals surface area contributed by atoms with Crippen LogP contribution in [0.3, 0.4) is 0 Å². The minimum absolute atomic E-state index is 0.378. The number of anilines is 1. The van der Waals surface area contributed by atoms with Crippen LogP contribution >= 0.6 is 0 Å². The minimum atomic E-state index is 0.378. The molecule has 0 aromatic carbocycles. The number of piperidine rings is 1. The van der Waals surface area contributed by atoms with E-state index in [1.165, 1.54) is 0 Å². The highest BCUT2D eigenvalue weighted by Gasteiger charge is 2.12. The van der Waals surface area contributed by atoms with Crippen molar-refractivity contribution in [2.75, 3.05) is 31.6 Å². The first-order chi connectivity index (χ1) is 9.38. The zero-order valence-electron chi connectivity index (χ0n) is 10.9. The van der Waals surface area contributed by atoms with Crippen LogP contribution in [-0.2, 0) is 4.74 Å². The molecule has 1 aliphatic heterocycles. The minimum Gasteiger partial charge on any atom is -0.378 e. The molecular weight excluding hydrogens is 242 g/mol. The standard InChI is InChI=1S/C13H19N5O/c14-10-11-2-8-17-13(18-11)16-5-1-9-19-12-3-6-15-7-4-12/h2,8,12,15H,1,3-7,9H2,(H,16,17,18). The fraction of sp³-hybridized carbons (Fsp3) is 0.615. The van der Waals surface area contributed by atoms with Crippen LogP contribution in [0.4, 0.5) is 5.95 Å². The third-order valence-electron chi connectivity index (χ3n) is 3.01. The van der Waals surface area contributed by atoms with E-state index < -0.39 is 0 Å². The summed E-state index contributed by atoms with van der Waals surface area (Å²) < 4.78 is 5.79. The molecule has 2 rings (SSSR count). The van der Waals surface area contributed by atoms with Crippen molar-refractivity contribution in [3.05, 3.63) is 18.0 Å². The molecule has 1 saturated heterocycles. The lowest BCUT2D eigenvalue weighted by molar-refractivity contribution is 0.0329. The van der Waals surface area contributed by atoms with Gasteiger partial charge in [0.25, 0.3) is 0 Å². The van der Waals surface area contributed by atoms with E-state index in [0.29, 0.717) is 17.7 Å². The Hall–Kier alpha value is -1.71. The van der Waals surface area contributed by atoms with Crippen LogP contribution < -0.4 is 10.6 Å². The molecule has 0 saturated carbocycles. The molecule has 1 aromatic heterocycles. The molecule has 2 N–H and O–H groups in total. The topological polar surface area (TPSA) is 82.9 Å². The van der Waals surface area contributed by atoms with E-state index in [-0.39, 0.29) is 0 Å². The van der Waals surface area contributed by atoms with E-state index in [4.69, 9.17) is 10.00 Å². The number of aromatic nitrogens is 2. The number of ether oxygens (including phenoxy) is 1. The quantitative estimate of drug-likeness (QED) is 0.741. The molecule has 1 fully saturated rings. The molecule has 102 valence electrons. The fourth-order valence-electron chi connectivity index (χ4n) is 1.99. The molecule has 2 heterocycles. The molecule has 0 radical (unpaired) electrons. The van der Waals surface area contributed by atoms with Crippen LogP contribution in [-0.4, -0.2) is 42.3 Å². The summed E-state index contributed by atoms with van der Waals surface area (Å²) in [6, 6.07) is 3.58. The normalized spacial score (nSPS) is 15.9. The maximum Gasteiger partial charge on any atom is 0.223 e. The fourth-order valence-corrected chi connectivity index (χ4v) is 1.99. The Labute approximate surface area is 113 Å². The maximum atomic E-state index is 8.72. The molecule has 0 atom stereocenters. The van der Waals surface area contributed by atoms with Crippen LogP contribution in [0.15, 0.2) is 12.3 Å². The largest absolute Gasteiger partial charge is 0.378 e. The Morgan fingerprint density at radius 3 is 3.11 bits per heavy atom. The van der Waals surface area contributed by atoms with Gasteiger partial charge in [-0.05, 0) is 38.4 Å². The van der Waals surface area contributed by atoms with Gasteiger partial charge in [0.1, 0.15) is 11.8 Å². The highest BCUT2D eigenvalue weighted by atomic mass is 16.5. The summed E-state index contributed by atoms with van der Waals surface area (Å²) in [6.07, 6.45) is 5.09. The monoisotopic (exact) mass is 261 g/mol. The lowest BCUT2D eigenvalue weighted by Gasteiger charge is -2.22. The molecule has 0 unspecified atom stereocenters. The van der Waals surface area contributed by atoms with Crippen molar-refractivity contribution < 1.29 is 4.74 Å². The summed E-state index contributed by atoms with van der Waals surface area (Å²) >= 11 is 0. The summed E-state index contributed by atoms with van der Waals surface area (Å²) in [7, 11) is 0. The van der Waals surface area contributed by atoms with E-state index in [0.717, 1.165) is 45.5 Å². The van der Waals surface area contributed by atoms with Crippen molar-refractivity contribution in [2.45, 2.75) is 25.4 Å². The van der Waals surface area contributed by atoms with Gasteiger partial charge in [-0.2, -0.15) is 5.26 Å². The summed E-state index contributed by atoms with van der Waals surface area (Å²) in [5.74, 6) is 0.501. The van der Waals surface area contributed by atoms with Crippen molar-refractivity contribution >= 4 is 5.95 Å². The van der Waals surface area contributed by atoms with Crippen molar-refractivity contribution in [2.24, 2.45) is 0 Å². The van der Waals surface area contributed by atoms with Crippen LogP contribution in [0, 0.1) is 11.3 Å². The molecule has 6 nitrogen and oxygen atoms in total. The molecule has 0 aliphatic carbocycles. The van der Waals surface area contributed by atoms with E-state index in [2.05, 4.69) is 20.6 Å². The summed E-state index contributed by atoms with van der Waals surface area (Å²) in [5.41, 5.74) is 0.378. The zero-order valence-corrected chi connectivity index (χ0v) is 10.9. The van der Waals surface area contributed by atoms with Crippen LogP contribution in [0.1, 0.15) is 25.0 Å². The highest BCUT2D eigenvalue weighted by molar-refractivity contribution is 5.29. The number of hydrogen-bond acceptors (Lipinski definition) is 6. The predicted molar refractivity (Wildman–Crippen MR) is 71.7 cm³/mol. The van der Waals surface area contributed by atoms with E-state index >= 15 is 0 Å². The van der Waals surface area contributed by atoms with Gasteiger partial charge in [0.2, 0.25) is 5.95 Å². The Kier molecular flexibility index (Phi) is 5.53. The summed E-state index contributed by atoms with van der Waals surface area (Å²) in [5, 5.41) is 15.1. The third-order valence-corrected chi connectivity index (χ3v) is 3.01. The summed E-state index contributed by atoms with van der Waals surface area (Å²) in [6.45, 7) is 3.60. The van der Waals surface area contributed by atoms with Gasteiger partial charge in [0.05, 0.1) is 6.10 Å². The molecule has 0 amide bonds. The lowest BCUT2D eigenvalue weighted by Crippen LogP contribution is -2.32. The van der Waals surface area contributed by atoms with Crippen molar-refractivity contribution in [3.63, 3.8) is 0 Å². The molecule has 0 spiro atoms. The van der Waals surface area contributed by atoms with Crippen LogP contribution in [0.25, 0.3) is 0 Å². The van der Waals surface area contributed by atoms with Crippen LogP contribution in [0.2, 0.25) is 0 Å². The van der Waals surface area contributed by atoms with Gasteiger partial charge in [-0.15, -0.1) is 0 Å². The first-order valence-electron chi connectivity index (χ1n) is 6.68. The average Bonchev–Trinajstić information content (AvgIpc) is 2.48. The summed E-state index contributed by atoms with van der Waals surface area (Å²) in [4.78, 5) is 8.10. The van der Waals surface area contributed by atoms with Gasteiger partial charge in [-0.3, -0.25) is 0 Å². The SMILES string of the molecule is N#Cc1ccnc(NCCCOC2CCNCC2)n1. The molecule has 0 bridgehead atoms. The second-order valence-corrected chi connectivity index (χ2v) is 4.48. The lowest BCUT2D eigenvalue weighted by atomic mass is 10.1. The smallest absolute Gasteiger partial charge is 0.223 e. The molecule has 6 heteroatoms. The second-order valence-electron chi connectivity index (χ2n) is 4.48. The number of nitrogens with one attached hydrogen (secondary N) is 2. The second kappa shape index (κ2) is 7.67. The highest BCUT2D eigenvalue weighted by Crippen LogP contribution is 2.07. The Morgan fingerprint density at radius 1 is 1.47 bits per heavy atom. The van der Waals surface area contributed by atoms with Gasteiger partial charge in [-0.1, -0.05) is 0 Å². The molecule has 19 heavy (non-hydrogen) atoms. The maximum absolute atomic E-state index is 8.72. The van der Waals surface area contributed by atoms with E-state index in [1.54, 1.807) is 12.3 Å². The van der Waals surface area contributed by atoms with Crippen molar-refractivity contribution in [1.82, 2.24) is 15.3 Å². The van der Waals surface area contributed by atoms with Gasteiger partial charge in [0.15, 0.2) is 0 Å². The van der Waals surface area contributed by atoms with E-state index in [9.17, 15) is 0 Å². The predicted octanol–water partition coefficient (Wildman–Crippen LogP) is 0.919. The first kappa shape index (κ1) is 13.7. The van der Waals surface area contributed by atoms with Crippen molar-refractivity contribution in [1.29, 1.82) is 5.26 Å². The molecule has 1 aliphatic rings. The Bertz CT molecular complexity index is 425. The Balaban J connectivity index is 1.59.